The predicted molar refractivity (Wildman–Crippen MR) is 124 cm³/mol. The first-order chi connectivity index (χ1) is 13.0. The Balaban J connectivity index is 0. The number of carbonyl (C=O) groups is 1. The Morgan fingerprint density at radius 2 is 1.19 bits per heavy atom. The average Bonchev–Trinajstić information content (AvgIpc) is 2.64. The Morgan fingerprint density at radius 3 is 1.48 bits per heavy atom. The molecule has 0 aromatic heterocycles. The monoisotopic (exact) mass is 447 g/mol. The molecule has 0 fully saturated rings. The number of carboxylic acid groups (broad SMARTS) is 1. The molecule has 0 aliphatic heterocycles. The first-order valence-corrected chi connectivity index (χ1v) is 12.2. The van der Waals surface area contributed by atoms with Gasteiger partial charge in [0.25, 0.3) is 0 Å². The fourth-order valence-corrected chi connectivity index (χ4v) is 3.15. The van der Waals surface area contributed by atoms with E-state index in [2.05, 4.69) is 29.4 Å². The van der Waals surface area contributed by atoms with Gasteiger partial charge in [0.2, 0.25) is 0 Å². The lowest BCUT2D eigenvalue weighted by Gasteiger charge is -2.07. The van der Waals surface area contributed by atoms with Crippen molar-refractivity contribution in [3.05, 3.63) is 12.2 Å². The molecule has 0 aliphatic carbocycles. The predicted octanol–water partition coefficient (Wildman–Crippen LogP) is 7.44. The van der Waals surface area contributed by atoms with Crippen LogP contribution in [0.25, 0.3) is 0 Å². The van der Waals surface area contributed by atoms with Crippen molar-refractivity contribution >= 4 is 21.9 Å². The van der Waals surface area contributed by atoms with Crippen LogP contribution in [0.15, 0.2) is 12.2 Å². The highest BCUT2D eigenvalue weighted by atomic mass is 79.9. The Kier molecular flexibility index (Phi) is 25.3. The normalized spacial score (nSPS) is 10.6. The Labute approximate surface area is 178 Å². The zero-order valence-electron chi connectivity index (χ0n) is 18.4. The first-order valence-electron chi connectivity index (χ1n) is 11.1. The van der Waals surface area contributed by atoms with Gasteiger partial charge >= 0.3 is 5.97 Å². The van der Waals surface area contributed by atoms with Gasteiger partial charge in [0, 0.05) is 17.4 Å². The number of hydrogen-bond donors (Lipinski definition) is 1. The summed E-state index contributed by atoms with van der Waals surface area (Å²) in [6.07, 6.45) is 20.8. The standard InChI is InChI=1S/C16H33Br.C7H13NO2/c1-2-3-4-5-6-7-8-9-10-11-12-13-14-15-16-17;1-6(7(9)10)4-5-8(2)3/h2-16H2,1H3;1,4-5H2,2-3H3,(H,9,10). The molecule has 0 atom stereocenters. The number of alkyl halides is 1. The molecule has 0 radical (unpaired) electrons. The van der Waals surface area contributed by atoms with Crippen LogP contribution in [0.4, 0.5) is 0 Å². The van der Waals surface area contributed by atoms with Gasteiger partial charge in [-0.15, -0.1) is 0 Å². The number of nitrogens with zero attached hydrogens (tertiary/aromatic N) is 1. The zero-order valence-corrected chi connectivity index (χ0v) is 20.0. The molecule has 0 aromatic rings. The quantitative estimate of drug-likeness (QED) is 0.135. The number of halogens is 1. The Hall–Kier alpha value is -0.350. The van der Waals surface area contributed by atoms with E-state index in [0.717, 1.165) is 6.54 Å². The summed E-state index contributed by atoms with van der Waals surface area (Å²) in [4.78, 5) is 12.1. The highest BCUT2D eigenvalue weighted by molar-refractivity contribution is 9.09. The largest absolute Gasteiger partial charge is 0.478 e. The van der Waals surface area contributed by atoms with Gasteiger partial charge in [-0.2, -0.15) is 0 Å². The smallest absolute Gasteiger partial charge is 0.331 e. The third-order valence-corrected chi connectivity index (χ3v) is 5.21. The fraction of sp³-hybridized carbons (Fsp3) is 0.870. The van der Waals surface area contributed by atoms with Gasteiger partial charge < -0.3 is 10.0 Å². The second kappa shape index (κ2) is 23.7. The lowest BCUT2D eigenvalue weighted by atomic mass is 10.0. The molecule has 1 N–H and O–H groups in total. The lowest BCUT2D eigenvalue weighted by Crippen LogP contribution is -2.15. The average molecular weight is 449 g/mol. The van der Waals surface area contributed by atoms with E-state index in [0.29, 0.717) is 6.42 Å². The first kappa shape index (κ1) is 28.9. The minimum Gasteiger partial charge on any atom is -0.478 e. The molecule has 0 bridgehead atoms. The highest BCUT2D eigenvalue weighted by Crippen LogP contribution is 2.13. The molecule has 0 amide bonds. The van der Waals surface area contributed by atoms with Gasteiger partial charge in [0.15, 0.2) is 0 Å². The van der Waals surface area contributed by atoms with E-state index in [1.807, 2.05) is 19.0 Å². The molecule has 4 heteroatoms. The molecule has 162 valence electrons. The summed E-state index contributed by atoms with van der Waals surface area (Å²) in [5, 5.41) is 9.56. The van der Waals surface area contributed by atoms with Crippen LogP contribution in [0, 0.1) is 0 Å². The molecule has 0 aromatic carbocycles. The second-order valence-electron chi connectivity index (χ2n) is 7.75. The summed E-state index contributed by atoms with van der Waals surface area (Å²) in [7, 11) is 3.80. The van der Waals surface area contributed by atoms with Gasteiger partial charge in [0.05, 0.1) is 0 Å². The van der Waals surface area contributed by atoms with Crippen molar-refractivity contribution in [1.82, 2.24) is 4.90 Å². The van der Waals surface area contributed by atoms with E-state index >= 15 is 0 Å². The molecule has 0 spiro atoms. The van der Waals surface area contributed by atoms with Crippen molar-refractivity contribution in [2.24, 2.45) is 0 Å². The Bertz CT molecular complexity index is 318. The summed E-state index contributed by atoms with van der Waals surface area (Å²) in [6, 6.07) is 0. The van der Waals surface area contributed by atoms with Crippen molar-refractivity contribution in [2.75, 3.05) is 26.0 Å². The minimum absolute atomic E-state index is 0.272. The van der Waals surface area contributed by atoms with Crippen molar-refractivity contribution in [3.63, 3.8) is 0 Å². The summed E-state index contributed by atoms with van der Waals surface area (Å²) >= 11 is 3.48. The number of carboxylic acids is 1. The summed E-state index contributed by atoms with van der Waals surface area (Å²) < 4.78 is 0. The van der Waals surface area contributed by atoms with E-state index < -0.39 is 5.97 Å². The van der Waals surface area contributed by atoms with E-state index in [-0.39, 0.29) is 5.57 Å². The molecular formula is C23H46BrNO2. The number of unbranched alkanes of at least 4 members (excludes halogenated alkanes) is 13. The van der Waals surface area contributed by atoms with Gasteiger partial charge in [0.1, 0.15) is 0 Å². The number of aliphatic carboxylic acids is 1. The van der Waals surface area contributed by atoms with E-state index in [9.17, 15) is 4.79 Å². The van der Waals surface area contributed by atoms with Gasteiger partial charge in [-0.05, 0) is 26.9 Å². The van der Waals surface area contributed by atoms with Gasteiger partial charge in [-0.3, -0.25) is 0 Å². The van der Waals surface area contributed by atoms with Crippen molar-refractivity contribution in [2.45, 2.75) is 103 Å². The van der Waals surface area contributed by atoms with Crippen LogP contribution in [-0.2, 0) is 4.79 Å². The molecule has 0 aliphatic rings. The van der Waals surface area contributed by atoms with Gasteiger partial charge in [-0.25, -0.2) is 4.79 Å². The third kappa shape index (κ3) is 28.0. The molecule has 27 heavy (non-hydrogen) atoms. The maximum absolute atomic E-state index is 10.2. The van der Waals surface area contributed by atoms with Crippen LogP contribution >= 0.6 is 15.9 Å². The molecule has 0 rings (SSSR count). The molecular weight excluding hydrogens is 402 g/mol. The number of rotatable bonds is 18. The van der Waals surface area contributed by atoms with Crippen molar-refractivity contribution < 1.29 is 9.90 Å². The zero-order chi connectivity index (χ0) is 20.8. The van der Waals surface area contributed by atoms with Crippen molar-refractivity contribution in [1.29, 1.82) is 0 Å². The van der Waals surface area contributed by atoms with Crippen LogP contribution in [0.2, 0.25) is 0 Å². The topological polar surface area (TPSA) is 40.5 Å². The van der Waals surface area contributed by atoms with Crippen LogP contribution in [-0.4, -0.2) is 41.9 Å². The molecule has 0 unspecified atom stereocenters. The van der Waals surface area contributed by atoms with E-state index in [1.165, 1.54) is 95.2 Å². The fourth-order valence-electron chi connectivity index (χ4n) is 2.75. The van der Waals surface area contributed by atoms with Crippen LogP contribution in [0.5, 0.6) is 0 Å². The van der Waals surface area contributed by atoms with E-state index in [4.69, 9.17) is 5.11 Å². The summed E-state index contributed by atoms with van der Waals surface area (Å²) in [5.41, 5.74) is 0.272. The lowest BCUT2D eigenvalue weighted by molar-refractivity contribution is -0.132. The summed E-state index contributed by atoms with van der Waals surface area (Å²) in [5.74, 6) is -0.901. The molecule has 0 saturated heterocycles. The van der Waals surface area contributed by atoms with E-state index in [1.54, 1.807) is 0 Å². The molecule has 0 heterocycles. The summed E-state index contributed by atoms with van der Waals surface area (Å²) in [6.45, 7) is 6.43. The van der Waals surface area contributed by atoms with Crippen molar-refractivity contribution in [3.8, 4) is 0 Å². The molecule has 0 saturated carbocycles. The maximum Gasteiger partial charge on any atom is 0.331 e. The maximum atomic E-state index is 10.2. The Morgan fingerprint density at radius 1 is 0.815 bits per heavy atom. The van der Waals surface area contributed by atoms with Crippen LogP contribution < -0.4 is 0 Å². The van der Waals surface area contributed by atoms with Gasteiger partial charge in [-0.1, -0.05) is 113 Å². The SMILES string of the molecule is C=C(CCN(C)C)C(=O)O.CCCCCCCCCCCCCCCCBr. The third-order valence-electron chi connectivity index (χ3n) is 4.65. The highest BCUT2D eigenvalue weighted by Gasteiger charge is 2.02. The molecule has 3 nitrogen and oxygen atoms in total. The number of hydrogen-bond acceptors (Lipinski definition) is 2. The van der Waals surface area contributed by atoms with Crippen LogP contribution in [0.1, 0.15) is 103 Å². The van der Waals surface area contributed by atoms with Crippen LogP contribution in [0.3, 0.4) is 0 Å². The second-order valence-corrected chi connectivity index (χ2v) is 8.54. The minimum atomic E-state index is -0.901.